The Morgan fingerprint density at radius 2 is 1.83 bits per heavy atom. The van der Waals surface area contributed by atoms with E-state index >= 15 is 0 Å². The Kier molecular flexibility index (Phi) is 4.43. The maximum atomic E-state index is 10.9. The number of aromatic nitrogens is 1. The number of ether oxygens (including phenoxy) is 1. The molecule has 1 heterocycles. The first-order chi connectivity index (χ1) is 11.7. The molecule has 0 fully saturated rings. The number of aromatic carboxylic acids is 1. The third-order valence-electron chi connectivity index (χ3n) is 3.59. The van der Waals surface area contributed by atoms with Crippen LogP contribution in [0.5, 0.6) is 5.75 Å². The number of aliphatic imine (C=N–C) groups is 1. The number of methoxy groups -OCH3 is 1. The Balaban J connectivity index is 1.90. The summed E-state index contributed by atoms with van der Waals surface area (Å²) in [7, 11) is 1.61. The normalized spacial score (nSPS) is 10.9. The molecule has 0 aliphatic rings. The van der Waals surface area contributed by atoms with Gasteiger partial charge in [0.1, 0.15) is 11.4 Å². The summed E-state index contributed by atoms with van der Waals surface area (Å²) in [6.45, 7) is 0. The van der Waals surface area contributed by atoms with E-state index in [9.17, 15) is 4.79 Å². The van der Waals surface area contributed by atoms with Gasteiger partial charge in [-0.3, -0.25) is 4.99 Å². The zero-order valence-electron chi connectivity index (χ0n) is 13.1. The zero-order valence-corrected chi connectivity index (χ0v) is 13.1. The molecule has 3 aromatic rings. The summed E-state index contributed by atoms with van der Waals surface area (Å²) in [5, 5.41) is 8.98. The number of carboxylic acids is 1. The van der Waals surface area contributed by atoms with Gasteiger partial charge < -0.3 is 14.4 Å². The van der Waals surface area contributed by atoms with Gasteiger partial charge in [-0.1, -0.05) is 12.1 Å². The molecule has 0 bridgehead atoms. The van der Waals surface area contributed by atoms with Gasteiger partial charge in [0.25, 0.3) is 0 Å². The van der Waals surface area contributed by atoms with Gasteiger partial charge in [0.15, 0.2) is 0 Å². The van der Waals surface area contributed by atoms with Crippen LogP contribution >= 0.6 is 0 Å². The van der Waals surface area contributed by atoms with Crippen molar-refractivity contribution in [2.24, 2.45) is 4.99 Å². The lowest BCUT2D eigenvalue weighted by Gasteiger charge is -2.07. The van der Waals surface area contributed by atoms with E-state index in [1.165, 1.54) is 0 Å². The summed E-state index contributed by atoms with van der Waals surface area (Å²) in [6.07, 6.45) is 3.66. The van der Waals surface area contributed by atoms with E-state index in [1.807, 2.05) is 47.2 Å². The second-order valence-electron chi connectivity index (χ2n) is 5.09. The van der Waals surface area contributed by atoms with Crippen LogP contribution in [-0.2, 0) is 0 Å². The molecular weight excluding hydrogens is 304 g/mol. The van der Waals surface area contributed by atoms with E-state index in [-0.39, 0.29) is 5.56 Å². The summed E-state index contributed by atoms with van der Waals surface area (Å²) in [5.41, 5.74) is 2.75. The summed E-state index contributed by atoms with van der Waals surface area (Å²) >= 11 is 0. The number of hydrogen-bond acceptors (Lipinski definition) is 3. The van der Waals surface area contributed by atoms with Gasteiger partial charge >= 0.3 is 5.97 Å². The third kappa shape index (κ3) is 3.20. The fraction of sp³-hybridized carbons (Fsp3) is 0.0526. The monoisotopic (exact) mass is 320 g/mol. The topological polar surface area (TPSA) is 63.8 Å². The van der Waals surface area contributed by atoms with Crippen molar-refractivity contribution < 1.29 is 14.6 Å². The molecule has 0 unspecified atom stereocenters. The maximum Gasteiger partial charge on any atom is 0.335 e. The van der Waals surface area contributed by atoms with Gasteiger partial charge in [0.2, 0.25) is 0 Å². The van der Waals surface area contributed by atoms with Crippen LogP contribution in [0.4, 0.5) is 5.69 Å². The quantitative estimate of drug-likeness (QED) is 0.724. The van der Waals surface area contributed by atoms with Crippen LogP contribution in [0.2, 0.25) is 0 Å². The highest BCUT2D eigenvalue weighted by Crippen LogP contribution is 2.26. The highest BCUT2D eigenvalue weighted by atomic mass is 16.5. The number of benzene rings is 2. The summed E-state index contributed by atoms with van der Waals surface area (Å²) < 4.78 is 7.22. The third-order valence-corrected chi connectivity index (χ3v) is 3.59. The molecule has 0 spiro atoms. The van der Waals surface area contributed by atoms with Crippen molar-refractivity contribution in [2.45, 2.75) is 0 Å². The molecule has 0 radical (unpaired) electrons. The Bertz CT molecular complexity index is 880. The van der Waals surface area contributed by atoms with Crippen molar-refractivity contribution in [3.8, 4) is 11.4 Å². The highest BCUT2D eigenvalue weighted by molar-refractivity contribution is 5.88. The Morgan fingerprint density at radius 3 is 2.54 bits per heavy atom. The first kappa shape index (κ1) is 15.6. The van der Waals surface area contributed by atoms with Gasteiger partial charge in [-0.05, 0) is 48.5 Å². The largest absolute Gasteiger partial charge is 0.494 e. The molecule has 0 atom stereocenters. The lowest BCUT2D eigenvalue weighted by atomic mass is 10.2. The molecule has 5 heteroatoms. The zero-order chi connectivity index (χ0) is 16.9. The van der Waals surface area contributed by atoms with Crippen LogP contribution in [0, 0.1) is 0 Å². The molecule has 2 aromatic carbocycles. The molecule has 0 amide bonds. The molecule has 1 aromatic heterocycles. The van der Waals surface area contributed by atoms with Crippen LogP contribution in [0.15, 0.2) is 71.9 Å². The van der Waals surface area contributed by atoms with E-state index in [0.29, 0.717) is 5.75 Å². The molecule has 120 valence electrons. The summed E-state index contributed by atoms with van der Waals surface area (Å²) in [4.78, 5) is 15.4. The number of para-hydroxylation sites is 2. The molecule has 1 N–H and O–H groups in total. The number of rotatable bonds is 5. The van der Waals surface area contributed by atoms with Gasteiger partial charge in [0.05, 0.1) is 24.6 Å². The Hall–Kier alpha value is -3.34. The lowest BCUT2D eigenvalue weighted by Crippen LogP contribution is -2.00. The predicted octanol–water partition coefficient (Wildman–Crippen LogP) is 3.93. The van der Waals surface area contributed by atoms with E-state index in [2.05, 4.69) is 4.99 Å². The van der Waals surface area contributed by atoms with Crippen molar-refractivity contribution in [1.82, 2.24) is 4.57 Å². The average molecular weight is 320 g/mol. The molecule has 0 saturated carbocycles. The minimum atomic E-state index is -0.938. The maximum absolute atomic E-state index is 10.9. The second kappa shape index (κ2) is 6.83. The standard InChI is InChI=1S/C19H16N2O3/c1-24-18-7-3-2-6-17(18)20-13-16-5-4-12-21(16)15-10-8-14(9-11-15)19(22)23/h2-13H,1H3,(H,22,23). The van der Waals surface area contributed by atoms with Crippen LogP contribution in [0.1, 0.15) is 16.1 Å². The molecular formula is C19H16N2O3. The van der Waals surface area contributed by atoms with Crippen molar-refractivity contribution in [2.75, 3.05) is 7.11 Å². The van der Waals surface area contributed by atoms with Gasteiger partial charge in [-0.25, -0.2) is 4.79 Å². The summed E-state index contributed by atoms with van der Waals surface area (Å²) in [6, 6.07) is 18.1. The van der Waals surface area contributed by atoms with E-state index in [4.69, 9.17) is 9.84 Å². The number of carboxylic acid groups (broad SMARTS) is 1. The van der Waals surface area contributed by atoms with Crippen LogP contribution < -0.4 is 4.74 Å². The first-order valence-corrected chi connectivity index (χ1v) is 7.37. The molecule has 0 aliphatic carbocycles. The molecule has 5 nitrogen and oxygen atoms in total. The van der Waals surface area contributed by atoms with Crippen molar-refractivity contribution in [3.63, 3.8) is 0 Å². The Labute approximate surface area is 139 Å². The first-order valence-electron chi connectivity index (χ1n) is 7.37. The highest BCUT2D eigenvalue weighted by Gasteiger charge is 2.05. The van der Waals surface area contributed by atoms with Crippen LogP contribution in [0.25, 0.3) is 5.69 Å². The second-order valence-corrected chi connectivity index (χ2v) is 5.09. The number of nitrogens with zero attached hydrogens (tertiary/aromatic N) is 2. The summed E-state index contributed by atoms with van der Waals surface area (Å²) in [5.74, 6) is -0.232. The van der Waals surface area contributed by atoms with Gasteiger partial charge in [-0.15, -0.1) is 0 Å². The van der Waals surface area contributed by atoms with Crippen molar-refractivity contribution >= 4 is 17.9 Å². The lowest BCUT2D eigenvalue weighted by molar-refractivity contribution is 0.0697. The minimum Gasteiger partial charge on any atom is -0.494 e. The fourth-order valence-electron chi connectivity index (χ4n) is 2.37. The fourth-order valence-corrected chi connectivity index (χ4v) is 2.37. The molecule has 3 rings (SSSR count). The average Bonchev–Trinajstić information content (AvgIpc) is 3.08. The molecule has 0 saturated heterocycles. The Morgan fingerprint density at radius 1 is 1.08 bits per heavy atom. The minimum absolute atomic E-state index is 0.259. The van der Waals surface area contributed by atoms with Crippen LogP contribution in [0.3, 0.4) is 0 Å². The van der Waals surface area contributed by atoms with E-state index in [1.54, 1.807) is 37.6 Å². The SMILES string of the molecule is COc1ccccc1N=Cc1cccn1-c1ccc(C(=O)O)cc1. The van der Waals surface area contributed by atoms with Crippen molar-refractivity contribution in [1.29, 1.82) is 0 Å². The van der Waals surface area contributed by atoms with Crippen molar-refractivity contribution in [3.05, 3.63) is 78.1 Å². The van der Waals surface area contributed by atoms with E-state index in [0.717, 1.165) is 17.1 Å². The van der Waals surface area contributed by atoms with E-state index < -0.39 is 5.97 Å². The number of hydrogen-bond donors (Lipinski definition) is 1. The predicted molar refractivity (Wildman–Crippen MR) is 93.0 cm³/mol. The molecule has 0 aliphatic heterocycles. The molecule has 24 heavy (non-hydrogen) atoms. The number of carbonyl (C=O) groups is 1. The smallest absolute Gasteiger partial charge is 0.335 e. The van der Waals surface area contributed by atoms with Gasteiger partial charge in [-0.2, -0.15) is 0 Å². The van der Waals surface area contributed by atoms with Gasteiger partial charge in [0, 0.05) is 11.9 Å². The van der Waals surface area contributed by atoms with Crippen LogP contribution in [-0.4, -0.2) is 29.0 Å².